The predicted molar refractivity (Wildman–Crippen MR) is 83.7 cm³/mol. The van der Waals surface area contributed by atoms with Crippen molar-refractivity contribution in [1.82, 2.24) is 5.32 Å². The highest BCUT2D eigenvalue weighted by Crippen LogP contribution is 2.27. The fraction of sp³-hybridized carbons (Fsp3) is 0.500. The molecule has 0 aromatic heterocycles. The minimum atomic E-state index is -0.429. The Kier molecular flexibility index (Phi) is 8.52. The van der Waals surface area contributed by atoms with Gasteiger partial charge in [0.15, 0.2) is 18.1 Å². The molecule has 0 aliphatic carbocycles. The standard InChI is InChI=1S/C16H23NO6/c1-20-9-8-17-15(18)11-23-16(19)7-5-12-4-6-13(21-2)14(10-12)22-3/h4,6,10H,5,7-9,11H2,1-3H3,(H,17,18). The topological polar surface area (TPSA) is 83.1 Å². The molecular formula is C16H23NO6. The SMILES string of the molecule is COCCNC(=O)COC(=O)CCc1ccc(OC)c(OC)c1. The van der Waals surface area contributed by atoms with Crippen molar-refractivity contribution in [2.45, 2.75) is 12.8 Å². The van der Waals surface area contributed by atoms with E-state index in [0.717, 1.165) is 5.56 Å². The number of amides is 1. The Morgan fingerprint density at radius 3 is 2.48 bits per heavy atom. The quantitative estimate of drug-likeness (QED) is 0.509. The third-order valence-corrected chi connectivity index (χ3v) is 3.06. The van der Waals surface area contributed by atoms with Crippen molar-refractivity contribution in [3.63, 3.8) is 0 Å². The van der Waals surface area contributed by atoms with Crippen LogP contribution in [0.4, 0.5) is 0 Å². The van der Waals surface area contributed by atoms with Crippen LogP contribution >= 0.6 is 0 Å². The summed E-state index contributed by atoms with van der Waals surface area (Å²) in [6.45, 7) is 0.520. The van der Waals surface area contributed by atoms with Crippen LogP contribution < -0.4 is 14.8 Å². The smallest absolute Gasteiger partial charge is 0.306 e. The second-order valence-electron chi connectivity index (χ2n) is 4.69. The number of hydrogen-bond acceptors (Lipinski definition) is 6. The molecule has 1 rings (SSSR count). The van der Waals surface area contributed by atoms with Crippen LogP contribution in [0.15, 0.2) is 18.2 Å². The zero-order valence-electron chi connectivity index (χ0n) is 13.7. The molecule has 1 aromatic carbocycles. The molecule has 0 bridgehead atoms. The molecule has 0 fully saturated rings. The van der Waals surface area contributed by atoms with Crippen molar-refractivity contribution in [3.05, 3.63) is 23.8 Å². The highest BCUT2D eigenvalue weighted by atomic mass is 16.5. The Morgan fingerprint density at radius 2 is 1.83 bits per heavy atom. The van der Waals surface area contributed by atoms with E-state index in [1.165, 1.54) is 0 Å². The van der Waals surface area contributed by atoms with Crippen LogP contribution in [-0.4, -0.2) is 53.0 Å². The summed E-state index contributed by atoms with van der Waals surface area (Å²) in [7, 11) is 4.66. The van der Waals surface area contributed by atoms with Gasteiger partial charge in [0.2, 0.25) is 0 Å². The number of methoxy groups -OCH3 is 3. The average molecular weight is 325 g/mol. The highest BCUT2D eigenvalue weighted by Gasteiger charge is 2.09. The van der Waals surface area contributed by atoms with Gasteiger partial charge >= 0.3 is 5.97 Å². The maximum absolute atomic E-state index is 11.6. The Hall–Kier alpha value is -2.28. The van der Waals surface area contributed by atoms with Crippen molar-refractivity contribution in [2.75, 3.05) is 41.1 Å². The number of ether oxygens (including phenoxy) is 4. The lowest BCUT2D eigenvalue weighted by atomic mass is 10.1. The van der Waals surface area contributed by atoms with Gasteiger partial charge in [0.25, 0.3) is 5.91 Å². The monoisotopic (exact) mass is 325 g/mol. The van der Waals surface area contributed by atoms with E-state index >= 15 is 0 Å². The molecule has 23 heavy (non-hydrogen) atoms. The molecule has 7 nitrogen and oxygen atoms in total. The molecule has 0 atom stereocenters. The largest absolute Gasteiger partial charge is 0.493 e. The number of benzene rings is 1. The summed E-state index contributed by atoms with van der Waals surface area (Å²) in [5, 5.41) is 2.57. The first-order valence-corrected chi connectivity index (χ1v) is 7.22. The van der Waals surface area contributed by atoms with E-state index in [4.69, 9.17) is 18.9 Å². The van der Waals surface area contributed by atoms with E-state index in [0.29, 0.717) is 31.1 Å². The van der Waals surface area contributed by atoms with Crippen LogP contribution in [0.25, 0.3) is 0 Å². The number of carbonyl (C=O) groups is 2. The molecule has 0 aliphatic heterocycles. The van der Waals surface area contributed by atoms with Crippen molar-refractivity contribution >= 4 is 11.9 Å². The highest BCUT2D eigenvalue weighted by molar-refractivity contribution is 5.80. The molecule has 1 amide bonds. The summed E-state index contributed by atoms with van der Waals surface area (Å²) in [6.07, 6.45) is 0.672. The maximum atomic E-state index is 11.6. The van der Waals surface area contributed by atoms with Crippen LogP contribution in [0.5, 0.6) is 11.5 Å². The lowest BCUT2D eigenvalue weighted by Gasteiger charge is -2.09. The summed E-state index contributed by atoms with van der Waals surface area (Å²) >= 11 is 0. The van der Waals surface area contributed by atoms with Crippen molar-refractivity contribution in [3.8, 4) is 11.5 Å². The molecule has 0 aliphatic rings. The van der Waals surface area contributed by atoms with Gasteiger partial charge in [-0.05, 0) is 24.1 Å². The van der Waals surface area contributed by atoms with Gasteiger partial charge in [-0.1, -0.05) is 6.07 Å². The number of rotatable bonds is 10. The van der Waals surface area contributed by atoms with Crippen LogP contribution in [0.1, 0.15) is 12.0 Å². The van der Waals surface area contributed by atoms with Crippen molar-refractivity contribution < 1.29 is 28.5 Å². The van der Waals surface area contributed by atoms with Gasteiger partial charge in [0.1, 0.15) is 0 Å². The average Bonchev–Trinajstić information content (AvgIpc) is 2.58. The molecule has 1 aromatic rings. The summed E-state index contributed by atoms with van der Waals surface area (Å²) in [5.41, 5.74) is 0.921. The van der Waals surface area contributed by atoms with Gasteiger partial charge in [-0.15, -0.1) is 0 Å². The fourth-order valence-electron chi connectivity index (χ4n) is 1.84. The van der Waals surface area contributed by atoms with Crippen LogP contribution in [0.3, 0.4) is 0 Å². The van der Waals surface area contributed by atoms with Gasteiger partial charge < -0.3 is 24.3 Å². The minimum absolute atomic E-state index is 0.181. The lowest BCUT2D eigenvalue weighted by Crippen LogP contribution is -2.31. The number of hydrogen-bond donors (Lipinski definition) is 1. The van der Waals surface area contributed by atoms with Crippen LogP contribution in [0, 0.1) is 0 Å². The first-order chi connectivity index (χ1) is 11.1. The van der Waals surface area contributed by atoms with E-state index in [9.17, 15) is 9.59 Å². The molecule has 7 heteroatoms. The third kappa shape index (κ3) is 7.01. The van der Waals surface area contributed by atoms with E-state index in [2.05, 4.69) is 5.32 Å². The lowest BCUT2D eigenvalue weighted by molar-refractivity contribution is -0.148. The maximum Gasteiger partial charge on any atom is 0.306 e. The van der Waals surface area contributed by atoms with Gasteiger partial charge in [0, 0.05) is 20.1 Å². The molecule has 0 radical (unpaired) electrons. The number of esters is 1. The fourth-order valence-corrected chi connectivity index (χ4v) is 1.84. The molecule has 0 unspecified atom stereocenters. The molecule has 0 saturated carbocycles. The third-order valence-electron chi connectivity index (χ3n) is 3.06. The molecule has 0 heterocycles. The number of carbonyl (C=O) groups excluding carboxylic acids is 2. The van der Waals surface area contributed by atoms with E-state index < -0.39 is 5.97 Å². The Bertz CT molecular complexity index is 517. The minimum Gasteiger partial charge on any atom is -0.493 e. The zero-order valence-corrected chi connectivity index (χ0v) is 13.7. The van der Waals surface area contributed by atoms with Gasteiger partial charge in [-0.25, -0.2) is 0 Å². The number of aryl methyl sites for hydroxylation is 1. The van der Waals surface area contributed by atoms with E-state index in [-0.39, 0.29) is 18.9 Å². The van der Waals surface area contributed by atoms with E-state index in [1.54, 1.807) is 27.4 Å². The molecule has 128 valence electrons. The zero-order chi connectivity index (χ0) is 17.1. The molecule has 0 saturated heterocycles. The van der Waals surface area contributed by atoms with E-state index in [1.807, 2.05) is 12.1 Å². The summed E-state index contributed by atoms with van der Waals surface area (Å²) in [4.78, 5) is 23.0. The normalized spacial score (nSPS) is 10.0. The molecular weight excluding hydrogens is 302 g/mol. The second-order valence-corrected chi connectivity index (χ2v) is 4.69. The first kappa shape index (κ1) is 18.8. The first-order valence-electron chi connectivity index (χ1n) is 7.22. The Morgan fingerprint density at radius 1 is 1.09 bits per heavy atom. The molecule has 0 spiro atoms. The summed E-state index contributed by atoms with van der Waals surface area (Å²) in [6, 6.07) is 5.44. The van der Waals surface area contributed by atoms with Gasteiger partial charge in [-0.2, -0.15) is 0 Å². The second kappa shape index (κ2) is 10.4. The van der Waals surface area contributed by atoms with Crippen LogP contribution in [-0.2, 0) is 25.5 Å². The van der Waals surface area contributed by atoms with Crippen LogP contribution in [0.2, 0.25) is 0 Å². The summed E-state index contributed by atoms with van der Waals surface area (Å²) in [5.74, 6) is 0.464. The van der Waals surface area contributed by atoms with Crippen molar-refractivity contribution in [2.24, 2.45) is 0 Å². The summed E-state index contributed by atoms with van der Waals surface area (Å²) < 4.78 is 20.1. The Balaban J connectivity index is 2.34. The van der Waals surface area contributed by atoms with Gasteiger partial charge in [0.05, 0.1) is 20.8 Å². The molecule has 1 N–H and O–H groups in total. The van der Waals surface area contributed by atoms with Crippen molar-refractivity contribution in [1.29, 1.82) is 0 Å². The Labute approximate surface area is 135 Å². The predicted octanol–water partition coefficient (Wildman–Crippen LogP) is 0.942. The van der Waals surface area contributed by atoms with Gasteiger partial charge in [-0.3, -0.25) is 9.59 Å². The number of nitrogens with one attached hydrogen (secondary N) is 1.